The number of nitrogens with one attached hydrogen (secondary N) is 2. The Kier molecular flexibility index (Phi) is 5.55. The van der Waals surface area contributed by atoms with Crippen molar-refractivity contribution in [1.82, 2.24) is 10.3 Å². The SMILES string of the molecule is CCNC(=O)CCNc1ncc(Cl)cc1Br. The van der Waals surface area contributed by atoms with Crippen LogP contribution in [0.1, 0.15) is 13.3 Å². The van der Waals surface area contributed by atoms with Crippen LogP contribution in [0.2, 0.25) is 5.02 Å². The molecule has 0 spiro atoms. The van der Waals surface area contributed by atoms with E-state index in [1.165, 1.54) is 0 Å². The van der Waals surface area contributed by atoms with Gasteiger partial charge in [-0.25, -0.2) is 4.98 Å². The summed E-state index contributed by atoms with van der Waals surface area (Å²) in [5.41, 5.74) is 0. The Morgan fingerprint density at radius 2 is 2.38 bits per heavy atom. The zero-order valence-corrected chi connectivity index (χ0v) is 11.2. The summed E-state index contributed by atoms with van der Waals surface area (Å²) in [6, 6.07) is 1.75. The van der Waals surface area contributed by atoms with Crippen molar-refractivity contribution in [3.8, 4) is 0 Å². The molecule has 1 rings (SSSR count). The molecule has 2 N–H and O–H groups in total. The molecule has 6 heteroatoms. The number of hydrogen-bond donors (Lipinski definition) is 2. The molecule has 0 saturated heterocycles. The van der Waals surface area contributed by atoms with Gasteiger partial charge in [0.15, 0.2) is 0 Å². The highest BCUT2D eigenvalue weighted by Crippen LogP contribution is 2.22. The van der Waals surface area contributed by atoms with Crippen molar-refractivity contribution in [1.29, 1.82) is 0 Å². The average molecular weight is 307 g/mol. The van der Waals surface area contributed by atoms with Gasteiger partial charge in [0.2, 0.25) is 5.91 Å². The summed E-state index contributed by atoms with van der Waals surface area (Å²) in [4.78, 5) is 15.3. The Morgan fingerprint density at radius 3 is 3.00 bits per heavy atom. The van der Waals surface area contributed by atoms with Crippen molar-refractivity contribution in [2.75, 3.05) is 18.4 Å². The summed E-state index contributed by atoms with van der Waals surface area (Å²) in [6.45, 7) is 3.09. The summed E-state index contributed by atoms with van der Waals surface area (Å²) in [6.07, 6.45) is 1.98. The van der Waals surface area contributed by atoms with E-state index in [9.17, 15) is 4.79 Å². The molecule has 88 valence electrons. The molecule has 0 saturated carbocycles. The second-order valence-corrected chi connectivity index (χ2v) is 4.41. The predicted molar refractivity (Wildman–Crippen MR) is 68.7 cm³/mol. The number of anilines is 1. The van der Waals surface area contributed by atoms with E-state index in [-0.39, 0.29) is 5.91 Å². The van der Waals surface area contributed by atoms with Gasteiger partial charge in [-0.1, -0.05) is 11.6 Å². The van der Waals surface area contributed by atoms with E-state index in [0.29, 0.717) is 30.4 Å². The standard InChI is InChI=1S/C10H13BrClN3O/c1-2-13-9(16)3-4-14-10-8(11)5-7(12)6-15-10/h5-6H,2-4H2,1H3,(H,13,16)(H,14,15). The van der Waals surface area contributed by atoms with Crippen LogP contribution >= 0.6 is 27.5 Å². The number of nitrogens with zero attached hydrogens (tertiary/aromatic N) is 1. The summed E-state index contributed by atoms with van der Waals surface area (Å²) >= 11 is 9.09. The van der Waals surface area contributed by atoms with E-state index in [0.717, 1.165) is 4.47 Å². The second kappa shape index (κ2) is 6.70. The monoisotopic (exact) mass is 305 g/mol. The summed E-state index contributed by atoms with van der Waals surface area (Å²) in [5.74, 6) is 0.716. The highest BCUT2D eigenvalue weighted by atomic mass is 79.9. The van der Waals surface area contributed by atoms with E-state index >= 15 is 0 Å². The molecule has 0 radical (unpaired) electrons. The summed E-state index contributed by atoms with van der Waals surface area (Å²) in [7, 11) is 0. The second-order valence-electron chi connectivity index (χ2n) is 3.11. The van der Waals surface area contributed by atoms with E-state index in [1.54, 1.807) is 12.3 Å². The number of aromatic nitrogens is 1. The van der Waals surface area contributed by atoms with Crippen molar-refractivity contribution in [3.63, 3.8) is 0 Å². The molecular formula is C10H13BrClN3O. The molecule has 0 aliphatic rings. The topological polar surface area (TPSA) is 54.0 Å². The lowest BCUT2D eigenvalue weighted by molar-refractivity contribution is -0.120. The van der Waals surface area contributed by atoms with Gasteiger partial charge in [-0.2, -0.15) is 0 Å². The van der Waals surface area contributed by atoms with Gasteiger partial charge in [0.25, 0.3) is 0 Å². The third-order valence-corrected chi connectivity index (χ3v) is 2.64. The van der Waals surface area contributed by atoms with Gasteiger partial charge in [0.05, 0.1) is 9.50 Å². The fourth-order valence-electron chi connectivity index (χ4n) is 1.12. The van der Waals surface area contributed by atoms with E-state index < -0.39 is 0 Å². The number of pyridine rings is 1. The van der Waals surface area contributed by atoms with Crippen LogP contribution in [0.25, 0.3) is 0 Å². The number of amides is 1. The summed E-state index contributed by atoms with van der Waals surface area (Å²) in [5, 5.41) is 6.35. The molecule has 1 aromatic rings. The first-order valence-electron chi connectivity index (χ1n) is 4.95. The minimum absolute atomic E-state index is 0.0279. The van der Waals surface area contributed by atoms with Crippen LogP contribution in [0.15, 0.2) is 16.7 Å². The van der Waals surface area contributed by atoms with Crippen molar-refractivity contribution in [3.05, 3.63) is 21.8 Å². The zero-order valence-electron chi connectivity index (χ0n) is 8.89. The minimum atomic E-state index is 0.0279. The number of halogens is 2. The molecule has 1 aromatic heterocycles. The highest BCUT2D eigenvalue weighted by molar-refractivity contribution is 9.10. The largest absolute Gasteiger partial charge is 0.369 e. The molecule has 16 heavy (non-hydrogen) atoms. The van der Waals surface area contributed by atoms with E-state index in [1.807, 2.05) is 6.92 Å². The predicted octanol–water partition coefficient (Wildman–Crippen LogP) is 2.44. The number of carbonyl (C=O) groups is 1. The Labute approximate surface area is 108 Å². The lowest BCUT2D eigenvalue weighted by Crippen LogP contribution is -2.24. The van der Waals surface area contributed by atoms with Crippen molar-refractivity contribution in [2.24, 2.45) is 0 Å². The highest BCUT2D eigenvalue weighted by Gasteiger charge is 2.03. The quantitative estimate of drug-likeness (QED) is 0.878. The average Bonchev–Trinajstić information content (AvgIpc) is 2.22. The smallest absolute Gasteiger partial charge is 0.221 e. The normalized spacial score (nSPS) is 9.94. The van der Waals surface area contributed by atoms with Crippen LogP contribution in [0.5, 0.6) is 0 Å². The first-order chi connectivity index (χ1) is 7.63. The molecule has 1 amide bonds. The molecule has 0 atom stereocenters. The minimum Gasteiger partial charge on any atom is -0.369 e. The Bertz CT molecular complexity index is 373. The number of rotatable bonds is 5. The molecule has 0 aliphatic carbocycles. The van der Waals surface area contributed by atoms with E-state index in [4.69, 9.17) is 11.6 Å². The van der Waals surface area contributed by atoms with Gasteiger partial charge in [-0.3, -0.25) is 4.79 Å². The van der Waals surface area contributed by atoms with Gasteiger partial charge in [0, 0.05) is 25.7 Å². The molecule has 0 bridgehead atoms. The zero-order chi connectivity index (χ0) is 12.0. The van der Waals surface area contributed by atoms with Crippen LogP contribution in [0.3, 0.4) is 0 Å². The number of carbonyl (C=O) groups excluding carboxylic acids is 1. The molecule has 0 unspecified atom stereocenters. The maximum Gasteiger partial charge on any atom is 0.221 e. The first-order valence-corrected chi connectivity index (χ1v) is 6.12. The van der Waals surface area contributed by atoms with Crippen LogP contribution in [-0.4, -0.2) is 24.0 Å². The van der Waals surface area contributed by atoms with Gasteiger partial charge in [-0.05, 0) is 28.9 Å². The van der Waals surface area contributed by atoms with E-state index in [2.05, 4.69) is 31.5 Å². The summed E-state index contributed by atoms with van der Waals surface area (Å²) < 4.78 is 0.788. The number of hydrogen-bond acceptors (Lipinski definition) is 3. The van der Waals surface area contributed by atoms with Crippen molar-refractivity contribution in [2.45, 2.75) is 13.3 Å². The lowest BCUT2D eigenvalue weighted by atomic mass is 10.4. The molecule has 0 aromatic carbocycles. The Hall–Kier alpha value is -0.810. The van der Waals surface area contributed by atoms with Crippen LogP contribution < -0.4 is 10.6 Å². The van der Waals surface area contributed by atoms with Crippen LogP contribution in [0.4, 0.5) is 5.82 Å². The van der Waals surface area contributed by atoms with Crippen molar-refractivity contribution < 1.29 is 4.79 Å². The first kappa shape index (κ1) is 13.3. The fourth-order valence-corrected chi connectivity index (χ4v) is 1.90. The Balaban J connectivity index is 2.40. The molecule has 0 fully saturated rings. The Morgan fingerprint density at radius 1 is 1.62 bits per heavy atom. The molecule has 1 heterocycles. The molecular weight excluding hydrogens is 293 g/mol. The van der Waals surface area contributed by atoms with Gasteiger partial charge < -0.3 is 10.6 Å². The molecule has 0 aliphatic heterocycles. The van der Waals surface area contributed by atoms with Gasteiger partial charge in [0.1, 0.15) is 5.82 Å². The third-order valence-electron chi connectivity index (χ3n) is 1.83. The third kappa shape index (κ3) is 4.37. The van der Waals surface area contributed by atoms with Gasteiger partial charge >= 0.3 is 0 Å². The van der Waals surface area contributed by atoms with Gasteiger partial charge in [-0.15, -0.1) is 0 Å². The maximum atomic E-state index is 11.2. The van der Waals surface area contributed by atoms with Crippen molar-refractivity contribution >= 4 is 39.3 Å². The van der Waals surface area contributed by atoms with Crippen LogP contribution in [0, 0.1) is 0 Å². The fraction of sp³-hybridized carbons (Fsp3) is 0.400. The van der Waals surface area contributed by atoms with Crippen LogP contribution in [-0.2, 0) is 4.79 Å². The lowest BCUT2D eigenvalue weighted by Gasteiger charge is -2.07. The molecule has 4 nitrogen and oxygen atoms in total. The maximum absolute atomic E-state index is 11.2.